The molecule has 4 unspecified atom stereocenters. The van der Waals surface area contributed by atoms with Gasteiger partial charge < -0.3 is 5.73 Å². The van der Waals surface area contributed by atoms with E-state index in [1.165, 1.54) is 38.6 Å². The van der Waals surface area contributed by atoms with Crippen LogP contribution in [0.5, 0.6) is 0 Å². The average Bonchev–Trinajstić information content (AvgIpc) is 2.38. The Labute approximate surface area is 114 Å². The molecule has 2 heteroatoms. The van der Waals surface area contributed by atoms with Crippen LogP contribution in [-0.4, -0.2) is 30.6 Å². The van der Waals surface area contributed by atoms with E-state index >= 15 is 0 Å². The van der Waals surface area contributed by atoms with Gasteiger partial charge in [-0.15, -0.1) is 0 Å². The van der Waals surface area contributed by atoms with Crippen molar-refractivity contribution in [3.05, 3.63) is 0 Å². The maximum absolute atomic E-state index is 6.10. The smallest absolute Gasteiger partial charge is 0.0246 e. The zero-order valence-corrected chi connectivity index (χ0v) is 13.0. The maximum Gasteiger partial charge on any atom is 0.0246 e. The molecule has 2 nitrogen and oxygen atoms in total. The minimum Gasteiger partial charge on any atom is -0.329 e. The summed E-state index contributed by atoms with van der Waals surface area (Å²) in [5.41, 5.74) is 6.10. The summed E-state index contributed by atoms with van der Waals surface area (Å²) in [7, 11) is 0. The van der Waals surface area contributed by atoms with Gasteiger partial charge in [0.15, 0.2) is 0 Å². The molecule has 1 saturated carbocycles. The van der Waals surface area contributed by atoms with E-state index < -0.39 is 0 Å². The first-order valence-corrected chi connectivity index (χ1v) is 8.06. The Morgan fingerprint density at radius 3 is 2.50 bits per heavy atom. The summed E-state index contributed by atoms with van der Waals surface area (Å²) in [4.78, 5) is 2.65. The monoisotopic (exact) mass is 254 g/mol. The van der Waals surface area contributed by atoms with Crippen LogP contribution in [0.1, 0.15) is 59.8 Å². The van der Waals surface area contributed by atoms with E-state index in [0.717, 1.165) is 30.8 Å². The van der Waals surface area contributed by atoms with E-state index in [9.17, 15) is 0 Å². The van der Waals surface area contributed by atoms with Gasteiger partial charge in [0.05, 0.1) is 0 Å². The van der Waals surface area contributed by atoms with E-state index in [-0.39, 0.29) is 0 Å². The Kier molecular flexibility index (Phi) is 7.25. The van der Waals surface area contributed by atoms with Crippen molar-refractivity contribution >= 4 is 0 Å². The molecule has 1 aliphatic carbocycles. The highest BCUT2D eigenvalue weighted by molar-refractivity contribution is 4.84. The van der Waals surface area contributed by atoms with Crippen LogP contribution in [0.2, 0.25) is 0 Å². The first-order valence-electron chi connectivity index (χ1n) is 8.06. The number of hydrogen-bond acceptors (Lipinski definition) is 2. The highest BCUT2D eigenvalue weighted by atomic mass is 15.2. The number of likely N-dealkylation sites (N-methyl/N-ethyl adjacent to an activating group) is 1. The van der Waals surface area contributed by atoms with Crippen LogP contribution in [-0.2, 0) is 0 Å². The molecule has 0 saturated heterocycles. The Morgan fingerprint density at radius 2 is 2.00 bits per heavy atom. The third-order valence-corrected chi connectivity index (χ3v) is 4.88. The second-order valence-corrected chi connectivity index (χ2v) is 6.44. The van der Waals surface area contributed by atoms with Crippen LogP contribution >= 0.6 is 0 Å². The summed E-state index contributed by atoms with van der Waals surface area (Å²) in [6.07, 6.45) is 6.88. The zero-order valence-electron chi connectivity index (χ0n) is 13.0. The topological polar surface area (TPSA) is 29.3 Å². The largest absolute Gasteiger partial charge is 0.329 e. The van der Waals surface area contributed by atoms with Crippen LogP contribution < -0.4 is 5.73 Å². The van der Waals surface area contributed by atoms with E-state index in [4.69, 9.17) is 5.73 Å². The molecule has 0 bridgehead atoms. The van der Waals surface area contributed by atoms with Crippen molar-refractivity contribution in [2.24, 2.45) is 23.5 Å². The SMILES string of the molecule is CCC(C)CN(CC)C(CN)C1CCCC(C)C1. The molecule has 0 aromatic rings. The van der Waals surface area contributed by atoms with Crippen molar-refractivity contribution in [1.29, 1.82) is 0 Å². The molecule has 1 aliphatic rings. The van der Waals surface area contributed by atoms with Crippen LogP contribution in [0.25, 0.3) is 0 Å². The molecular weight excluding hydrogens is 220 g/mol. The molecule has 0 amide bonds. The second kappa shape index (κ2) is 8.16. The van der Waals surface area contributed by atoms with Gasteiger partial charge in [0.2, 0.25) is 0 Å². The fourth-order valence-electron chi connectivity index (χ4n) is 3.50. The number of nitrogens with zero attached hydrogens (tertiary/aromatic N) is 1. The van der Waals surface area contributed by atoms with E-state index in [1.54, 1.807) is 0 Å². The van der Waals surface area contributed by atoms with Crippen molar-refractivity contribution in [3.63, 3.8) is 0 Å². The van der Waals surface area contributed by atoms with Gasteiger partial charge in [-0.3, -0.25) is 4.90 Å². The fourth-order valence-corrected chi connectivity index (χ4v) is 3.50. The van der Waals surface area contributed by atoms with Crippen LogP contribution in [0, 0.1) is 17.8 Å². The molecule has 1 rings (SSSR count). The van der Waals surface area contributed by atoms with Gasteiger partial charge in [-0.25, -0.2) is 0 Å². The standard InChI is InChI=1S/C16H34N2/c1-5-13(3)12-18(6-2)16(11-17)15-9-7-8-14(4)10-15/h13-16H,5-12,17H2,1-4H3. The molecule has 0 heterocycles. The van der Waals surface area contributed by atoms with Gasteiger partial charge in [-0.2, -0.15) is 0 Å². The van der Waals surface area contributed by atoms with Crippen molar-refractivity contribution < 1.29 is 0 Å². The normalized spacial score (nSPS) is 28.3. The Balaban J connectivity index is 2.60. The number of hydrogen-bond donors (Lipinski definition) is 1. The van der Waals surface area contributed by atoms with E-state index in [0.29, 0.717) is 6.04 Å². The third kappa shape index (κ3) is 4.55. The molecule has 108 valence electrons. The molecule has 0 spiro atoms. The second-order valence-electron chi connectivity index (χ2n) is 6.44. The van der Waals surface area contributed by atoms with Gasteiger partial charge in [-0.05, 0) is 37.1 Å². The zero-order chi connectivity index (χ0) is 13.5. The molecule has 18 heavy (non-hydrogen) atoms. The molecular formula is C16H34N2. The lowest BCUT2D eigenvalue weighted by Gasteiger charge is -2.40. The Morgan fingerprint density at radius 1 is 1.28 bits per heavy atom. The van der Waals surface area contributed by atoms with Gasteiger partial charge in [-0.1, -0.05) is 47.0 Å². The predicted molar refractivity (Wildman–Crippen MR) is 80.7 cm³/mol. The van der Waals surface area contributed by atoms with Crippen LogP contribution in [0.4, 0.5) is 0 Å². The van der Waals surface area contributed by atoms with Gasteiger partial charge in [0, 0.05) is 19.1 Å². The molecule has 0 aromatic carbocycles. The van der Waals surface area contributed by atoms with Crippen molar-refractivity contribution in [1.82, 2.24) is 4.90 Å². The highest BCUT2D eigenvalue weighted by Crippen LogP contribution is 2.32. The summed E-state index contributed by atoms with van der Waals surface area (Å²) < 4.78 is 0. The minimum atomic E-state index is 0.617. The first kappa shape index (κ1) is 16.0. The van der Waals surface area contributed by atoms with Gasteiger partial charge in [0.25, 0.3) is 0 Å². The Bertz CT molecular complexity index is 217. The van der Waals surface area contributed by atoms with Crippen LogP contribution in [0.15, 0.2) is 0 Å². The quantitative estimate of drug-likeness (QED) is 0.753. The third-order valence-electron chi connectivity index (χ3n) is 4.88. The molecule has 4 atom stereocenters. The summed E-state index contributed by atoms with van der Waals surface area (Å²) >= 11 is 0. The van der Waals surface area contributed by atoms with Crippen molar-refractivity contribution in [2.75, 3.05) is 19.6 Å². The maximum atomic E-state index is 6.10. The molecule has 2 N–H and O–H groups in total. The predicted octanol–water partition coefficient (Wildman–Crippen LogP) is 3.51. The lowest BCUT2D eigenvalue weighted by Crippen LogP contribution is -2.48. The lowest BCUT2D eigenvalue weighted by atomic mass is 9.78. The molecule has 1 fully saturated rings. The average molecular weight is 254 g/mol. The van der Waals surface area contributed by atoms with Gasteiger partial charge >= 0.3 is 0 Å². The Hall–Kier alpha value is -0.0800. The summed E-state index contributed by atoms with van der Waals surface area (Å²) in [5, 5.41) is 0. The molecule has 0 aliphatic heterocycles. The van der Waals surface area contributed by atoms with E-state index in [1.807, 2.05) is 0 Å². The number of nitrogens with two attached hydrogens (primary N) is 1. The minimum absolute atomic E-state index is 0.617. The van der Waals surface area contributed by atoms with Gasteiger partial charge in [0.1, 0.15) is 0 Å². The first-order chi connectivity index (χ1) is 8.62. The molecule has 0 aromatic heterocycles. The lowest BCUT2D eigenvalue weighted by molar-refractivity contribution is 0.0988. The fraction of sp³-hybridized carbons (Fsp3) is 1.00. The van der Waals surface area contributed by atoms with Crippen molar-refractivity contribution in [2.45, 2.75) is 65.8 Å². The highest BCUT2D eigenvalue weighted by Gasteiger charge is 2.29. The summed E-state index contributed by atoms with van der Waals surface area (Å²) in [6.45, 7) is 12.6. The van der Waals surface area contributed by atoms with Crippen molar-refractivity contribution in [3.8, 4) is 0 Å². The van der Waals surface area contributed by atoms with Crippen LogP contribution in [0.3, 0.4) is 0 Å². The number of rotatable bonds is 7. The van der Waals surface area contributed by atoms with E-state index in [2.05, 4.69) is 32.6 Å². The summed E-state index contributed by atoms with van der Waals surface area (Å²) in [6, 6.07) is 0.617. The summed E-state index contributed by atoms with van der Waals surface area (Å²) in [5.74, 6) is 2.53. The molecule has 0 radical (unpaired) electrons.